The van der Waals surface area contributed by atoms with Crippen molar-refractivity contribution >= 4 is 11.4 Å². The van der Waals surface area contributed by atoms with Crippen LogP contribution in [0.25, 0.3) is 0 Å². The van der Waals surface area contributed by atoms with Crippen molar-refractivity contribution in [3.05, 3.63) is 58.4 Å². The SMILES string of the molecule is CCc1ccc(N(Cc2ccc(C#N)cc2NC)C(C)C)c(F)c1C(CC)CC1CCN1. The number of nitrogens with zero attached hydrogens (tertiary/aromatic N) is 2. The molecule has 2 aromatic rings. The van der Waals surface area contributed by atoms with E-state index in [-0.39, 0.29) is 17.8 Å². The van der Waals surface area contributed by atoms with Crippen LogP contribution in [-0.4, -0.2) is 25.7 Å². The molecule has 0 amide bonds. The molecule has 1 aliphatic heterocycles. The van der Waals surface area contributed by atoms with Crippen molar-refractivity contribution in [3.63, 3.8) is 0 Å². The Balaban J connectivity index is 2.00. The monoisotopic (exact) mass is 436 g/mol. The van der Waals surface area contributed by atoms with E-state index in [0.29, 0.717) is 23.8 Å². The first-order valence-corrected chi connectivity index (χ1v) is 11.9. The second kappa shape index (κ2) is 10.8. The number of rotatable bonds is 10. The molecule has 0 spiro atoms. The van der Waals surface area contributed by atoms with E-state index in [2.05, 4.69) is 55.4 Å². The number of nitrogens with one attached hydrogen (secondary N) is 2. The van der Waals surface area contributed by atoms with Gasteiger partial charge in [0.1, 0.15) is 5.82 Å². The highest BCUT2D eigenvalue weighted by atomic mass is 19.1. The summed E-state index contributed by atoms with van der Waals surface area (Å²) in [6.45, 7) is 10.1. The third kappa shape index (κ3) is 5.07. The maximum absolute atomic E-state index is 16.2. The number of hydrogen-bond acceptors (Lipinski definition) is 4. The van der Waals surface area contributed by atoms with Gasteiger partial charge in [-0.15, -0.1) is 0 Å². The van der Waals surface area contributed by atoms with Crippen LogP contribution in [0.1, 0.15) is 75.1 Å². The molecule has 1 saturated heterocycles. The second-order valence-corrected chi connectivity index (χ2v) is 9.06. The third-order valence-electron chi connectivity index (χ3n) is 6.81. The highest BCUT2D eigenvalue weighted by molar-refractivity contribution is 5.59. The Morgan fingerprint density at radius 2 is 1.94 bits per heavy atom. The molecule has 5 heteroatoms. The molecule has 4 nitrogen and oxygen atoms in total. The Morgan fingerprint density at radius 3 is 2.47 bits per heavy atom. The molecule has 3 rings (SSSR count). The molecule has 0 aliphatic carbocycles. The van der Waals surface area contributed by atoms with Gasteiger partial charge in [-0.25, -0.2) is 4.39 Å². The highest BCUT2D eigenvalue weighted by Crippen LogP contribution is 2.37. The summed E-state index contributed by atoms with van der Waals surface area (Å²) in [7, 11) is 1.86. The van der Waals surface area contributed by atoms with Crippen molar-refractivity contribution in [1.29, 1.82) is 5.26 Å². The van der Waals surface area contributed by atoms with Crippen LogP contribution in [0.3, 0.4) is 0 Å². The van der Waals surface area contributed by atoms with Crippen molar-refractivity contribution in [1.82, 2.24) is 5.32 Å². The number of halogens is 1. The number of hydrogen-bond donors (Lipinski definition) is 2. The number of anilines is 2. The molecule has 2 N–H and O–H groups in total. The van der Waals surface area contributed by atoms with Crippen LogP contribution in [0.5, 0.6) is 0 Å². The van der Waals surface area contributed by atoms with Gasteiger partial charge >= 0.3 is 0 Å². The smallest absolute Gasteiger partial charge is 0.150 e. The maximum atomic E-state index is 16.2. The van der Waals surface area contributed by atoms with Crippen molar-refractivity contribution in [3.8, 4) is 6.07 Å². The summed E-state index contributed by atoms with van der Waals surface area (Å²) in [5, 5.41) is 15.9. The first-order valence-electron chi connectivity index (χ1n) is 11.9. The van der Waals surface area contributed by atoms with Crippen molar-refractivity contribution in [2.24, 2.45) is 0 Å². The fraction of sp³-hybridized carbons (Fsp3) is 0.519. The van der Waals surface area contributed by atoms with Crippen LogP contribution < -0.4 is 15.5 Å². The molecule has 2 aromatic carbocycles. The van der Waals surface area contributed by atoms with Crippen molar-refractivity contribution < 1.29 is 4.39 Å². The molecule has 1 aliphatic rings. The molecule has 2 unspecified atom stereocenters. The predicted molar refractivity (Wildman–Crippen MR) is 132 cm³/mol. The minimum absolute atomic E-state index is 0.0659. The number of aryl methyl sites for hydroxylation is 1. The summed E-state index contributed by atoms with van der Waals surface area (Å²) in [5.41, 5.74) is 5.26. The molecular weight excluding hydrogens is 399 g/mol. The van der Waals surface area contributed by atoms with Gasteiger partial charge < -0.3 is 15.5 Å². The van der Waals surface area contributed by atoms with E-state index in [1.165, 1.54) is 6.42 Å². The molecule has 0 aromatic heterocycles. The van der Waals surface area contributed by atoms with Gasteiger partial charge in [-0.3, -0.25) is 0 Å². The van der Waals surface area contributed by atoms with Crippen LogP contribution in [0, 0.1) is 17.1 Å². The Morgan fingerprint density at radius 1 is 1.22 bits per heavy atom. The lowest BCUT2D eigenvalue weighted by molar-refractivity contribution is 0.322. The first kappa shape index (κ1) is 24.1. The molecule has 0 bridgehead atoms. The van der Waals surface area contributed by atoms with Gasteiger partial charge in [0.25, 0.3) is 0 Å². The first-order chi connectivity index (χ1) is 15.4. The fourth-order valence-corrected chi connectivity index (χ4v) is 4.72. The van der Waals surface area contributed by atoms with Gasteiger partial charge in [0.05, 0.1) is 17.3 Å². The third-order valence-corrected chi connectivity index (χ3v) is 6.81. The summed E-state index contributed by atoms with van der Waals surface area (Å²) in [5.74, 6) is 0.156. The Hall–Kier alpha value is -2.58. The molecule has 1 fully saturated rings. The highest BCUT2D eigenvalue weighted by Gasteiger charge is 2.28. The lowest BCUT2D eigenvalue weighted by Crippen LogP contribution is -2.43. The average molecular weight is 437 g/mol. The topological polar surface area (TPSA) is 51.1 Å². The van der Waals surface area contributed by atoms with Crippen molar-refractivity contribution in [2.75, 3.05) is 23.8 Å². The summed E-state index contributed by atoms with van der Waals surface area (Å²) in [4.78, 5) is 2.13. The molecule has 172 valence electrons. The summed E-state index contributed by atoms with van der Waals surface area (Å²) in [6, 6.07) is 12.5. The summed E-state index contributed by atoms with van der Waals surface area (Å²) < 4.78 is 16.2. The lowest BCUT2D eigenvalue weighted by Gasteiger charge is -2.34. The summed E-state index contributed by atoms with van der Waals surface area (Å²) in [6.07, 6.45) is 3.95. The van der Waals surface area contributed by atoms with E-state index < -0.39 is 0 Å². The van der Waals surface area contributed by atoms with E-state index in [0.717, 1.165) is 48.2 Å². The Bertz CT molecular complexity index is 959. The van der Waals surface area contributed by atoms with E-state index in [4.69, 9.17) is 0 Å². The number of nitriles is 1. The van der Waals surface area contributed by atoms with Crippen LogP contribution in [0.2, 0.25) is 0 Å². The van der Waals surface area contributed by atoms with Gasteiger partial charge in [-0.1, -0.05) is 26.0 Å². The molecule has 1 heterocycles. The van der Waals surface area contributed by atoms with Crippen LogP contribution in [0.15, 0.2) is 30.3 Å². The van der Waals surface area contributed by atoms with Gasteiger partial charge in [0.2, 0.25) is 0 Å². The Labute approximate surface area is 192 Å². The largest absolute Gasteiger partial charge is 0.388 e. The zero-order valence-corrected chi connectivity index (χ0v) is 20.1. The van der Waals surface area contributed by atoms with Crippen LogP contribution in [0.4, 0.5) is 15.8 Å². The van der Waals surface area contributed by atoms with Crippen LogP contribution >= 0.6 is 0 Å². The van der Waals surface area contributed by atoms with E-state index >= 15 is 4.39 Å². The molecular formula is C27H37FN4. The van der Waals surface area contributed by atoms with Crippen LogP contribution in [-0.2, 0) is 13.0 Å². The standard InChI is InChI=1S/C27H37FN4/c1-6-20-10-11-25(27(28)26(20)21(7-2)15-23-12-13-31-23)32(18(3)4)17-22-9-8-19(16-29)14-24(22)30-5/h8-11,14,18,21,23,30-31H,6-7,12-13,15,17H2,1-5H3. The van der Waals surface area contributed by atoms with Crippen molar-refractivity contribution in [2.45, 2.75) is 77.9 Å². The van der Waals surface area contributed by atoms with E-state index in [9.17, 15) is 5.26 Å². The minimum Gasteiger partial charge on any atom is -0.388 e. The Kier molecular flexibility index (Phi) is 8.15. The second-order valence-electron chi connectivity index (χ2n) is 9.06. The van der Waals surface area contributed by atoms with Gasteiger partial charge in [0.15, 0.2) is 0 Å². The maximum Gasteiger partial charge on any atom is 0.150 e. The lowest BCUT2D eigenvalue weighted by atomic mass is 9.83. The molecule has 0 radical (unpaired) electrons. The van der Waals surface area contributed by atoms with E-state index in [1.807, 2.05) is 31.3 Å². The molecule has 2 atom stereocenters. The minimum atomic E-state index is -0.0659. The van der Waals surface area contributed by atoms with Gasteiger partial charge in [0, 0.05) is 31.4 Å². The zero-order chi connectivity index (χ0) is 23.3. The normalized spacial score (nSPS) is 16.4. The fourth-order valence-electron chi connectivity index (χ4n) is 4.72. The average Bonchev–Trinajstić information content (AvgIpc) is 2.77. The number of benzene rings is 2. The van der Waals surface area contributed by atoms with Gasteiger partial charge in [-0.2, -0.15) is 5.26 Å². The predicted octanol–water partition coefficient (Wildman–Crippen LogP) is 5.96. The summed E-state index contributed by atoms with van der Waals surface area (Å²) >= 11 is 0. The van der Waals surface area contributed by atoms with Gasteiger partial charge in [-0.05, 0) is 86.9 Å². The molecule has 32 heavy (non-hydrogen) atoms. The molecule has 0 saturated carbocycles. The van der Waals surface area contributed by atoms with E-state index in [1.54, 1.807) is 0 Å². The zero-order valence-electron chi connectivity index (χ0n) is 20.1. The quantitative estimate of drug-likeness (QED) is 0.482.